The highest BCUT2D eigenvalue weighted by Gasteiger charge is 2.12. The van der Waals surface area contributed by atoms with Crippen LogP contribution in [0, 0.1) is 0 Å². The molecule has 0 spiro atoms. The minimum absolute atomic E-state index is 0.703. The molecule has 0 atom stereocenters. The maximum Gasteiger partial charge on any atom is 0.180 e. The van der Waals surface area contributed by atoms with Crippen molar-refractivity contribution in [2.24, 2.45) is 0 Å². The number of nitrogens with zero attached hydrogens (tertiary/aromatic N) is 1. The zero-order valence-corrected chi connectivity index (χ0v) is 6.37. The molecule has 2 rings (SSSR count). The Hall–Kier alpha value is -0.610. The summed E-state index contributed by atoms with van der Waals surface area (Å²) in [4.78, 5) is 5.54. The first-order chi connectivity index (χ1) is 4.86. The number of hydrogen-bond acceptors (Lipinski definition) is 4. The molecule has 1 aliphatic heterocycles. The molecule has 0 radical (unpaired) electrons. The highest BCUT2D eigenvalue weighted by atomic mass is 32.1. The minimum atomic E-state index is 0.703. The standard InChI is InChI=1S/C6H9N3S/c7-6-9-4-3-8-2-1-5(4)10-6/h8H,1-3H2,(H2,7,9). The fraction of sp³-hybridized carbons (Fsp3) is 0.500. The van der Waals surface area contributed by atoms with Crippen molar-refractivity contribution in [3.05, 3.63) is 10.6 Å². The molecule has 0 unspecified atom stereocenters. The maximum absolute atomic E-state index is 5.54. The molecule has 10 heavy (non-hydrogen) atoms. The predicted octanol–water partition coefficient (Wildman–Crippen LogP) is 0.371. The number of fused-ring (bicyclic) bond motifs is 1. The molecule has 1 aromatic rings. The minimum Gasteiger partial charge on any atom is -0.375 e. The number of rotatable bonds is 0. The third-order valence-electron chi connectivity index (χ3n) is 1.62. The second-order valence-corrected chi connectivity index (χ2v) is 3.46. The Labute approximate surface area is 63.3 Å². The molecular formula is C6H9N3S. The molecule has 0 saturated heterocycles. The molecule has 0 aromatic carbocycles. The Balaban J connectivity index is 2.41. The summed E-state index contributed by atoms with van der Waals surface area (Å²) in [6.45, 7) is 1.96. The van der Waals surface area contributed by atoms with Crippen LogP contribution in [0.2, 0.25) is 0 Å². The SMILES string of the molecule is Nc1nc2c(s1)CCNC2. The van der Waals surface area contributed by atoms with Crippen molar-refractivity contribution >= 4 is 16.5 Å². The lowest BCUT2D eigenvalue weighted by Gasteiger charge is -2.09. The molecule has 0 fully saturated rings. The number of nitrogens with one attached hydrogen (secondary N) is 1. The number of nitrogens with two attached hydrogens (primary N) is 1. The van der Waals surface area contributed by atoms with E-state index in [-0.39, 0.29) is 0 Å². The Morgan fingerprint density at radius 2 is 2.50 bits per heavy atom. The van der Waals surface area contributed by atoms with E-state index >= 15 is 0 Å². The summed E-state index contributed by atoms with van der Waals surface area (Å²) in [6.07, 6.45) is 1.09. The topological polar surface area (TPSA) is 50.9 Å². The highest BCUT2D eigenvalue weighted by molar-refractivity contribution is 7.15. The van der Waals surface area contributed by atoms with Crippen LogP contribution in [-0.4, -0.2) is 11.5 Å². The summed E-state index contributed by atoms with van der Waals surface area (Å²) in [7, 11) is 0. The molecule has 0 aliphatic carbocycles. The van der Waals surface area contributed by atoms with Crippen LogP contribution >= 0.6 is 11.3 Å². The molecule has 1 aromatic heterocycles. The normalized spacial score (nSPS) is 16.8. The van der Waals surface area contributed by atoms with Gasteiger partial charge in [0.15, 0.2) is 5.13 Å². The van der Waals surface area contributed by atoms with E-state index in [0.29, 0.717) is 5.13 Å². The van der Waals surface area contributed by atoms with Gasteiger partial charge >= 0.3 is 0 Å². The van der Waals surface area contributed by atoms with Gasteiger partial charge in [0.1, 0.15) is 0 Å². The number of anilines is 1. The quantitative estimate of drug-likeness (QED) is 0.569. The lowest BCUT2D eigenvalue weighted by molar-refractivity contribution is 0.639. The number of hydrogen-bond donors (Lipinski definition) is 2. The number of nitrogen functional groups attached to an aromatic ring is 1. The van der Waals surface area contributed by atoms with Crippen LogP contribution in [0.4, 0.5) is 5.13 Å². The zero-order chi connectivity index (χ0) is 6.97. The van der Waals surface area contributed by atoms with E-state index in [1.54, 1.807) is 11.3 Å². The van der Waals surface area contributed by atoms with Gasteiger partial charge in [-0.1, -0.05) is 0 Å². The van der Waals surface area contributed by atoms with E-state index in [2.05, 4.69) is 10.3 Å². The van der Waals surface area contributed by atoms with Crippen LogP contribution in [-0.2, 0) is 13.0 Å². The highest BCUT2D eigenvalue weighted by Crippen LogP contribution is 2.22. The Morgan fingerprint density at radius 3 is 3.30 bits per heavy atom. The van der Waals surface area contributed by atoms with Gasteiger partial charge in [-0.25, -0.2) is 4.98 Å². The molecule has 54 valence electrons. The fourth-order valence-electron chi connectivity index (χ4n) is 1.15. The van der Waals surface area contributed by atoms with Crippen LogP contribution in [0.5, 0.6) is 0 Å². The van der Waals surface area contributed by atoms with Gasteiger partial charge in [0.2, 0.25) is 0 Å². The maximum atomic E-state index is 5.54. The second-order valence-electron chi connectivity index (χ2n) is 2.35. The largest absolute Gasteiger partial charge is 0.375 e. The second kappa shape index (κ2) is 2.21. The van der Waals surface area contributed by atoms with Crippen molar-refractivity contribution in [3.8, 4) is 0 Å². The first kappa shape index (κ1) is 6.12. The van der Waals surface area contributed by atoms with Gasteiger partial charge in [0.25, 0.3) is 0 Å². The van der Waals surface area contributed by atoms with E-state index in [4.69, 9.17) is 5.73 Å². The molecule has 2 heterocycles. The van der Waals surface area contributed by atoms with Crippen LogP contribution in [0.15, 0.2) is 0 Å². The number of aromatic nitrogens is 1. The molecule has 1 aliphatic rings. The number of thiazole rings is 1. The summed E-state index contributed by atoms with van der Waals surface area (Å²) >= 11 is 1.62. The van der Waals surface area contributed by atoms with Gasteiger partial charge in [-0.15, -0.1) is 11.3 Å². The summed E-state index contributed by atoms with van der Waals surface area (Å²) in [5.74, 6) is 0. The summed E-state index contributed by atoms with van der Waals surface area (Å²) in [6, 6.07) is 0. The molecule has 3 N–H and O–H groups in total. The Bertz CT molecular complexity index is 220. The zero-order valence-electron chi connectivity index (χ0n) is 5.55. The lowest BCUT2D eigenvalue weighted by Crippen LogP contribution is -2.22. The van der Waals surface area contributed by atoms with Crippen molar-refractivity contribution in [2.75, 3.05) is 12.3 Å². The van der Waals surface area contributed by atoms with Gasteiger partial charge in [-0.3, -0.25) is 0 Å². The van der Waals surface area contributed by atoms with Crippen LogP contribution in [0.3, 0.4) is 0 Å². The van der Waals surface area contributed by atoms with E-state index in [9.17, 15) is 0 Å². The fourth-order valence-corrected chi connectivity index (χ4v) is 1.99. The van der Waals surface area contributed by atoms with Gasteiger partial charge in [-0.05, 0) is 6.42 Å². The summed E-state index contributed by atoms with van der Waals surface area (Å²) < 4.78 is 0. The van der Waals surface area contributed by atoms with Crippen LogP contribution in [0.1, 0.15) is 10.6 Å². The molecular weight excluding hydrogens is 146 g/mol. The van der Waals surface area contributed by atoms with Gasteiger partial charge < -0.3 is 11.1 Å². The third kappa shape index (κ3) is 0.892. The van der Waals surface area contributed by atoms with E-state index < -0.39 is 0 Å². The van der Waals surface area contributed by atoms with Crippen LogP contribution < -0.4 is 11.1 Å². The van der Waals surface area contributed by atoms with E-state index in [1.807, 2.05) is 0 Å². The van der Waals surface area contributed by atoms with Gasteiger partial charge in [-0.2, -0.15) is 0 Å². The smallest absolute Gasteiger partial charge is 0.180 e. The van der Waals surface area contributed by atoms with E-state index in [0.717, 1.165) is 25.2 Å². The van der Waals surface area contributed by atoms with Crippen molar-refractivity contribution in [1.29, 1.82) is 0 Å². The van der Waals surface area contributed by atoms with Gasteiger partial charge in [0.05, 0.1) is 5.69 Å². The Morgan fingerprint density at radius 1 is 1.60 bits per heavy atom. The first-order valence-electron chi connectivity index (χ1n) is 3.31. The first-order valence-corrected chi connectivity index (χ1v) is 4.12. The molecule has 0 bridgehead atoms. The molecule has 0 saturated carbocycles. The van der Waals surface area contributed by atoms with Crippen molar-refractivity contribution in [1.82, 2.24) is 10.3 Å². The monoisotopic (exact) mass is 155 g/mol. The average Bonchev–Trinajstić information content (AvgIpc) is 2.27. The van der Waals surface area contributed by atoms with Crippen molar-refractivity contribution in [3.63, 3.8) is 0 Å². The summed E-state index contributed by atoms with van der Waals surface area (Å²) in [5, 5.41) is 3.95. The summed E-state index contributed by atoms with van der Waals surface area (Å²) in [5.41, 5.74) is 6.68. The molecule has 4 heteroatoms. The van der Waals surface area contributed by atoms with Crippen LogP contribution in [0.25, 0.3) is 0 Å². The molecule has 3 nitrogen and oxygen atoms in total. The van der Waals surface area contributed by atoms with E-state index in [1.165, 1.54) is 4.88 Å². The Kier molecular flexibility index (Phi) is 1.35. The van der Waals surface area contributed by atoms with Gasteiger partial charge in [0, 0.05) is 18.0 Å². The predicted molar refractivity (Wildman–Crippen MR) is 41.9 cm³/mol. The third-order valence-corrected chi connectivity index (χ3v) is 2.60. The van der Waals surface area contributed by atoms with Crippen molar-refractivity contribution in [2.45, 2.75) is 13.0 Å². The van der Waals surface area contributed by atoms with Crippen molar-refractivity contribution < 1.29 is 0 Å². The lowest BCUT2D eigenvalue weighted by atomic mass is 10.2. The molecule has 0 amide bonds. The average molecular weight is 155 g/mol.